The van der Waals surface area contributed by atoms with Gasteiger partial charge in [-0.25, -0.2) is 9.97 Å². The molecule has 10 heteroatoms. The number of anilines is 2. The van der Waals surface area contributed by atoms with Gasteiger partial charge >= 0.3 is 6.18 Å². The van der Waals surface area contributed by atoms with E-state index in [0.717, 1.165) is 25.0 Å². The molecule has 0 radical (unpaired) electrons. The molecule has 3 aromatic rings. The van der Waals surface area contributed by atoms with Crippen molar-refractivity contribution in [2.45, 2.75) is 44.5 Å². The second-order valence-corrected chi connectivity index (χ2v) is 8.61. The van der Waals surface area contributed by atoms with Gasteiger partial charge in [0.1, 0.15) is 17.2 Å². The van der Waals surface area contributed by atoms with Crippen molar-refractivity contribution < 1.29 is 27.4 Å². The zero-order chi connectivity index (χ0) is 24.7. The fourth-order valence-electron chi connectivity index (χ4n) is 3.89. The van der Waals surface area contributed by atoms with Crippen molar-refractivity contribution in [3.05, 3.63) is 47.3 Å². The summed E-state index contributed by atoms with van der Waals surface area (Å²) in [4.78, 5) is 9.00. The molecule has 1 fully saturated rings. The number of aryl methyl sites for hydroxylation is 1. The fourth-order valence-corrected chi connectivity index (χ4v) is 3.89. The number of nitrogens with zero attached hydrogens (tertiary/aromatic N) is 2. The Morgan fingerprint density at radius 1 is 1.09 bits per heavy atom. The summed E-state index contributed by atoms with van der Waals surface area (Å²) in [5.41, 5.74) is 5.60. The number of fused-ring (bicyclic) bond motifs is 1. The molecule has 1 aliphatic carbocycles. The van der Waals surface area contributed by atoms with Gasteiger partial charge in [0.2, 0.25) is 0 Å². The highest BCUT2D eigenvalue weighted by Gasteiger charge is 2.46. The molecule has 1 aliphatic rings. The second-order valence-electron chi connectivity index (χ2n) is 8.61. The normalized spacial score (nSPS) is 15.7. The lowest BCUT2D eigenvalue weighted by molar-refractivity contribution is -0.137. The predicted octanol–water partition coefficient (Wildman–Crippen LogP) is 5.28. The third kappa shape index (κ3) is 4.96. The largest absolute Gasteiger partial charge is 0.493 e. The standard InChI is InChI=1S/C24H27F3N4O3/c1-13(15-7-16(24(25,26)27)9-17(28)8-15)29-22-18-10-21(34-23(5-6-23)12-32-3)20(33-4)11-19(18)30-14(2)31-22/h7-11,13H,5-6,12,28H2,1-4H3,(H,29,30,31)/t13-/m1/s1. The molecule has 1 atom stereocenters. The molecule has 0 amide bonds. The van der Waals surface area contributed by atoms with Crippen LogP contribution in [0.25, 0.3) is 10.9 Å². The van der Waals surface area contributed by atoms with Crippen molar-refractivity contribution in [1.29, 1.82) is 0 Å². The highest BCUT2D eigenvalue weighted by molar-refractivity contribution is 5.92. The highest BCUT2D eigenvalue weighted by atomic mass is 19.4. The number of aromatic nitrogens is 2. The number of nitrogens with two attached hydrogens (primary N) is 1. The molecule has 0 aliphatic heterocycles. The van der Waals surface area contributed by atoms with Crippen molar-refractivity contribution in [2.75, 3.05) is 31.9 Å². The summed E-state index contributed by atoms with van der Waals surface area (Å²) in [6.07, 6.45) is -2.76. The van der Waals surface area contributed by atoms with Gasteiger partial charge in [-0.05, 0) is 56.5 Å². The molecule has 0 saturated heterocycles. The van der Waals surface area contributed by atoms with E-state index in [0.29, 0.717) is 46.2 Å². The minimum Gasteiger partial charge on any atom is -0.493 e. The minimum atomic E-state index is -4.49. The first-order chi connectivity index (χ1) is 16.0. The van der Waals surface area contributed by atoms with Gasteiger partial charge in [-0.1, -0.05) is 0 Å². The lowest BCUT2D eigenvalue weighted by atomic mass is 10.0. The van der Waals surface area contributed by atoms with Crippen LogP contribution in [0.2, 0.25) is 0 Å². The summed E-state index contributed by atoms with van der Waals surface area (Å²) in [6.45, 7) is 3.95. The summed E-state index contributed by atoms with van der Waals surface area (Å²) < 4.78 is 56.9. The van der Waals surface area contributed by atoms with Crippen molar-refractivity contribution in [3.8, 4) is 11.5 Å². The Bertz CT molecular complexity index is 1210. The molecule has 34 heavy (non-hydrogen) atoms. The molecular formula is C24H27F3N4O3. The molecule has 1 saturated carbocycles. The Labute approximate surface area is 195 Å². The number of hydrogen-bond acceptors (Lipinski definition) is 7. The van der Waals surface area contributed by atoms with Gasteiger partial charge < -0.3 is 25.3 Å². The SMILES string of the molecule is COCC1(Oc2cc3c(N[C@H](C)c4cc(N)cc(C(F)(F)F)c4)nc(C)nc3cc2OC)CC1. The Hall–Kier alpha value is -3.27. The lowest BCUT2D eigenvalue weighted by Crippen LogP contribution is -2.24. The summed E-state index contributed by atoms with van der Waals surface area (Å²) in [7, 11) is 3.18. The number of methoxy groups -OCH3 is 2. The van der Waals surface area contributed by atoms with Crippen LogP contribution in [0, 0.1) is 6.92 Å². The molecule has 182 valence electrons. The van der Waals surface area contributed by atoms with Gasteiger partial charge in [-0.15, -0.1) is 0 Å². The van der Waals surface area contributed by atoms with Gasteiger partial charge in [-0.3, -0.25) is 0 Å². The maximum atomic E-state index is 13.3. The first kappa shape index (κ1) is 23.9. The fraction of sp³-hybridized carbons (Fsp3) is 0.417. The van der Waals surface area contributed by atoms with E-state index in [2.05, 4.69) is 15.3 Å². The number of ether oxygens (including phenoxy) is 3. The molecular weight excluding hydrogens is 449 g/mol. The Kier molecular flexibility index (Phi) is 6.20. The van der Waals surface area contributed by atoms with Crippen LogP contribution < -0.4 is 20.5 Å². The summed E-state index contributed by atoms with van der Waals surface area (Å²) >= 11 is 0. The Balaban J connectivity index is 1.72. The molecule has 0 spiro atoms. The number of rotatable bonds is 8. The van der Waals surface area contributed by atoms with E-state index in [-0.39, 0.29) is 5.69 Å². The van der Waals surface area contributed by atoms with E-state index in [4.69, 9.17) is 19.9 Å². The van der Waals surface area contributed by atoms with Gasteiger partial charge in [-0.2, -0.15) is 13.2 Å². The van der Waals surface area contributed by atoms with E-state index in [1.165, 1.54) is 6.07 Å². The summed E-state index contributed by atoms with van der Waals surface area (Å²) in [6, 6.07) is 6.56. The van der Waals surface area contributed by atoms with Crippen molar-refractivity contribution >= 4 is 22.4 Å². The summed E-state index contributed by atoms with van der Waals surface area (Å²) in [5, 5.41) is 3.88. The molecule has 1 heterocycles. The maximum absolute atomic E-state index is 13.3. The van der Waals surface area contributed by atoms with Crippen LogP contribution in [-0.2, 0) is 10.9 Å². The molecule has 0 unspecified atom stereocenters. The van der Waals surface area contributed by atoms with Crippen LogP contribution in [0.5, 0.6) is 11.5 Å². The molecule has 0 bridgehead atoms. The van der Waals surface area contributed by atoms with E-state index in [1.807, 2.05) is 0 Å². The zero-order valence-corrected chi connectivity index (χ0v) is 19.4. The average Bonchev–Trinajstić information content (AvgIpc) is 3.51. The first-order valence-electron chi connectivity index (χ1n) is 10.8. The van der Waals surface area contributed by atoms with Gasteiger partial charge in [0.05, 0.1) is 30.8 Å². The number of halogens is 3. The number of alkyl halides is 3. The zero-order valence-electron chi connectivity index (χ0n) is 19.4. The van der Waals surface area contributed by atoms with Gasteiger partial charge in [0, 0.05) is 24.2 Å². The average molecular weight is 476 g/mol. The van der Waals surface area contributed by atoms with Crippen molar-refractivity contribution in [3.63, 3.8) is 0 Å². The maximum Gasteiger partial charge on any atom is 0.416 e. The van der Waals surface area contributed by atoms with E-state index >= 15 is 0 Å². The quantitative estimate of drug-likeness (QED) is 0.428. The van der Waals surface area contributed by atoms with E-state index in [9.17, 15) is 13.2 Å². The number of nitrogens with one attached hydrogen (secondary N) is 1. The minimum absolute atomic E-state index is 0.0375. The second kappa shape index (κ2) is 8.83. The van der Waals surface area contributed by atoms with Crippen LogP contribution in [0.3, 0.4) is 0 Å². The number of nitrogen functional groups attached to an aromatic ring is 1. The summed E-state index contributed by atoms with van der Waals surface area (Å²) in [5.74, 6) is 2.02. The Morgan fingerprint density at radius 2 is 1.82 bits per heavy atom. The third-order valence-corrected chi connectivity index (χ3v) is 5.79. The van der Waals surface area contributed by atoms with Crippen LogP contribution in [-0.4, -0.2) is 36.4 Å². The van der Waals surface area contributed by atoms with Crippen LogP contribution in [0.15, 0.2) is 30.3 Å². The van der Waals surface area contributed by atoms with Crippen LogP contribution >= 0.6 is 0 Å². The van der Waals surface area contributed by atoms with Crippen LogP contribution in [0.4, 0.5) is 24.7 Å². The molecule has 4 rings (SSSR count). The predicted molar refractivity (Wildman–Crippen MR) is 123 cm³/mol. The number of hydrogen-bond donors (Lipinski definition) is 2. The van der Waals surface area contributed by atoms with Crippen molar-refractivity contribution in [1.82, 2.24) is 9.97 Å². The highest BCUT2D eigenvalue weighted by Crippen LogP contribution is 2.45. The molecule has 2 aromatic carbocycles. The smallest absolute Gasteiger partial charge is 0.416 e. The monoisotopic (exact) mass is 476 g/mol. The van der Waals surface area contributed by atoms with Crippen molar-refractivity contribution in [2.24, 2.45) is 0 Å². The van der Waals surface area contributed by atoms with Gasteiger partial charge in [0.25, 0.3) is 0 Å². The topological polar surface area (TPSA) is 91.5 Å². The van der Waals surface area contributed by atoms with E-state index in [1.54, 1.807) is 40.2 Å². The Morgan fingerprint density at radius 3 is 2.44 bits per heavy atom. The van der Waals surface area contributed by atoms with Crippen LogP contribution in [0.1, 0.15) is 42.8 Å². The molecule has 1 aromatic heterocycles. The lowest BCUT2D eigenvalue weighted by Gasteiger charge is -2.21. The van der Waals surface area contributed by atoms with E-state index < -0.39 is 23.4 Å². The first-order valence-corrected chi connectivity index (χ1v) is 10.8. The molecule has 3 N–H and O–H groups in total. The third-order valence-electron chi connectivity index (χ3n) is 5.79. The van der Waals surface area contributed by atoms with Gasteiger partial charge in [0.15, 0.2) is 11.5 Å². The molecule has 7 nitrogen and oxygen atoms in total. The number of benzene rings is 2.